The number of allylic oxidation sites excluding steroid dienone is 12. The summed E-state index contributed by atoms with van der Waals surface area (Å²) >= 11 is 0. The Morgan fingerprint density at radius 3 is 0.304 bits per heavy atom. The molecule has 0 saturated heterocycles. The first-order chi connectivity index (χ1) is 60.9. The number of rotatable bonds is 99. The number of unbranched alkanes of at least 4 members (excludes halogenated alkanes) is 75. The van der Waals surface area contributed by atoms with Gasteiger partial charge in [0, 0.05) is 0 Å². The van der Waals surface area contributed by atoms with Crippen molar-refractivity contribution in [1.82, 2.24) is 0 Å². The van der Waals surface area contributed by atoms with Crippen LogP contribution in [0, 0.1) is 0 Å². The van der Waals surface area contributed by atoms with Gasteiger partial charge in [-0.1, -0.05) is 442 Å². The van der Waals surface area contributed by atoms with Gasteiger partial charge in [-0.2, -0.15) is 7.82 Å². The van der Waals surface area contributed by atoms with Crippen LogP contribution in [0.4, 0.5) is 0 Å². The van der Waals surface area contributed by atoms with Gasteiger partial charge in [0.1, 0.15) is 0 Å². The minimum absolute atomic E-state index is 1.23. The third-order valence-electron chi connectivity index (χ3n) is 26.4. The third kappa shape index (κ3) is 133. The van der Waals surface area contributed by atoms with Crippen LogP contribution in [0.15, 0.2) is 72.9 Å². The number of phosphoric acid groups is 1. The lowest BCUT2D eigenvalue weighted by atomic mass is 10.1. The number of nitrogens with zero attached hydrogens (tertiary/aromatic N) is 3. The predicted molar refractivity (Wildman–Crippen MR) is 564 cm³/mol. The summed E-state index contributed by atoms with van der Waals surface area (Å²) in [6, 6.07) is 0. The van der Waals surface area contributed by atoms with Gasteiger partial charge < -0.3 is 32.7 Å². The Morgan fingerprint density at radius 1 is 0.144 bits per heavy atom. The van der Waals surface area contributed by atoms with Crippen LogP contribution >= 0.6 is 7.82 Å². The van der Waals surface area contributed by atoms with Gasteiger partial charge >= 0.3 is 0 Å². The Kier molecular flexibility index (Phi) is 115. The maximum absolute atomic E-state index is 8.55. The van der Waals surface area contributed by atoms with Crippen LogP contribution in [0.2, 0.25) is 0 Å². The minimum Gasteiger partial charge on any atom is -0.822 e. The van der Waals surface area contributed by atoms with E-state index in [1.807, 2.05) is 0 Å². The van der Waals surface area contributed by atoms with Crippen LogP contribution in [0.3, 0.4) is 0 Å². The summed E-state index contributed by atoms with van der Waals surface area (Å²) in [5.74, 6) is 0. The van der Waals surface area contributed by atoms with Crippen molar-refractivity contribution < 1.29 is 32.7 Å². The van der Waals surface area contributed by atoms with Crippen molar-refractivity contribution in [2.24, 2.45) is 0 Å². The Labute approximate surface area is 790 Å². The molecule has 0 aromatic heterocycles. The van der Waals surface area contributed by atoms with E-state index in [0.29, 0.717) is 0 Å². The molecule has 0 aromatic carbocycles. The lowest BCUT2D eigenvalue weighted by Gasteiger charge is -2.36. The van der Waals surface area contributed by atoms with Gasteiger partial charge in [-0.25, -0.2) is 0 Å². The van der Waals surface area contributed by atoms with E-state index in [9.17, 15) is 0 Å². The molecule has 0 spiro atoms. The third-order valence-corrected chi connectivity index (χ3v) is 26.4. The van der Waals surface area contributed by atoms with Gasteiger partial charge in [0.2, 0.25) is 0 Å². The van der Waals surface area contributed by atoms with Crippen LogP contribution in [0.1, 0.15) is 600 Å². The first kappa shape index (κ1) is 130. The molecule has 0 N–H and O–H groups in total. The van der Waals surface area contributed by atoms with E-state index in [-0.39, 0.29) is 0 Å². The second-order valence-corrected chi connectivity index (χ2v) is 42.2. The first-order valence-corrected chi connectivity index (χ1v) is 58.4. The highest BCUT2D eigenvalue weighted by molar-refractivity contribution is 7.40. The summed E-state index contributed by atoms with van der Waals surface area (Å²) in [5.41, 5.74) is 0. The van der Waals surface area contributed by atoms with Gasteiger partial charge in [0.15, 0.2) is 0 Å². The highest BCUT2D eigenvalue weighted by atomic mass is 31.2. The minimum atomic E-state index is -5.39. The maximum atomic E-state index is 8.55. The maximum Gasteiger partial charge on any atom is 0.0782 e. The molecular formula is C117H234N3O4P. The van der Waals surface area contributed by atoms with E-state index in [2.05, 4.69) is 157 Å². The average molecular weight is 1780 g/mol. The Balaban J connectivity index is -0.000000853. The number of hydrogen-bond acceptors (Lipinski definition) is 4. The first-order valence-electron chi connectivity index (χ1n) is 57.0. The summed E-state index contributed by atoms with van der Waals surface area (Å²) < 4.78 is 12.2. The van der Waals surface area contributed by atoms with Crippen LogP contribution < -0.4 is 14.7 Å². The van der Waals surface area contributed by atoms with Crippen molar-refractivity contribution in [3.63, 3.8) is 0 Å². The highest BCUT2D eigenvalue weighted by Gasteiger charge is 2.17. The molecule has 0 bridgehead atoms. The zero-order chi connectivity index (χ0) is 92.2. The molecule has 0 aliphatic carbocycles. The summed E-state index contributed by atoms with van der Waals surface area (Å²) in [4.78, 5) is 25.6. The topological polar surface area (TPSA) is 86.2 Å². The molecule has 0 aliphatic heterocycles. The summed E-state index contributed by atoms with van der Waals surface area (Å²) in [6.07, 6.45) is 152. The molecular weight excluding hydrogens is 1540 g/mol. The molecule has 0 rings (SSSR count). The molecule has 0 fully saturated rings. The van der Waals surface area contributed by atoms with E-state index in [1.165, 1.54) is 611 Å². The normalized spacial score (nSPS) is 12.4. The van der Waals surface area contributed by atoms with Crippen molar-refractivity contribution in [1.29, 1.82) is 0 Å². The molecule has 0 aromatic rings. The molecule has 0 unspecified atom stereocenters. The van der Waals surface area contributed by atoms with Crippen molar-refractivity contribution in [2.75, 3.05) is 81.6 Å². The summed E-state index contributed by atoms with van der Waals surface area (Å²) in [7, 11) is 9.35. The fraction of sp³-hybridized carbons (Fsp3) is 0.897. The predicted octanol–water partition coefficient (Wildman–Crippen LogP) is 37.8. The zero-order valence-electron chi connectivity index (χ0n) is 88.1. The monoisotopic (exact) mass is 1780 g/mol. The molecule has 0 saturated carbocycles. The van der Waals surface area contributed by atoms with Gasteiger partial charge in [-0.05, 0) is 231 Å². The molecule has 0 atom stereocenters. The SMILES string of the molecule is CCCCCCCCC=CCCCCCCCCC[N+](C)(C)CCCCCCCCC=CCCCCCCCC.CCCCCCCCC=CCCCCCCCCC[N+](C)(C)CCCCCCCCC=CCCCCCCCC.CCCCCCCCC=CCCCCCCCCC[N+](C)(C)CCCCCCCCC=CCCCCCCCC.O=P([O-])([O-])[O-]. The van der Waals surface area contributed by atoms with E-state index < -0.39 is 7.82 Å². The van der Waals surface area contributed by atoms with Gasteiger partial charge in [-0.15, -0.1) is 0 Å². The van der Waals surface area contributed by atoms with E-state index in [1.54, 1.807) is 0 Å². The van der Waals surface area contributed by atoms with Gasteiger partial charge in [-0.3, -0.25) is 0 Å². The largest absolute Gasteiger partial charge is 0.822 e. The molecule has 8 heteroatoms. The Hall–Kier alpha value is -1.57. The quantitative estimate of drug-likeness (QED) is 0.0263. The fourth-order valence-electron chi connectivity index (χ4n) is 17.6. The van der Waals surface area contributed by atoms with Crippen LogP contribution in [0.25, 0.3) is 0 Å². The lowest BCUT2D eigenvalue weighted by molar-refractivity contribution is -0.890. The lowest BCUT2D eigenvalue weighted by Crippen LogP contribution is -2.41. The van der Waals surface area contributed by atoms with E-state index in [4.69, 9.17) is 19.2 Å². The molecule has 746 valence electrons. The second-order valence-electron chi connectivity index (χ2n) is 41.3. The van der Waals surface area contributed by atoms with Gasteiger partial charge in [0.05, 0.1) is 81.6 Å². The van der Waals surface area contributed by atoms with E-state index >= 15 is 0 Å². The van der Waals surface area contributed by atoms with Crippen LogP contribution in [-0.4, -0.2) is 95.0 Å². The Bertz CT molecular complexity index is 1960. The average Bonchev–Trinajstić information content (AvgIpc) is 0.950. The molecule has 7 nitrogen and oxygen atoms in total. The molecule has 0 heterocycles. The highest BCUT2D eigenvalue weighted by Crippen LogP contribution is 2.21. The summed E-state index contributed by atoms with van der Waals surface area (Å²) in [5, 5.41) is 0. The second kappa shape index (κ2) is 111. The van der Waals surface area contributed by atoms with Crippen molar-refractivity contribution >= 4 is 7.82 Å². The molecule has 0 amide bonds. The van der Waals surface area contributed by atoms with Crippen molar-refractivity contribution in [3.8, 4) is 0 Å². The van der Waals surface area contributed by atoms with Crippen molar-refractivity contribution in [2.45, 2.75) is 600 Å². The Morgan fingerprint density at radius 2 is 0.216 bits per heavy atom. The van der Waals surface area contributed by atoms with Crippen molar-refractivity contribution in [3.05, 3.63) is 72.9 Å². The van der Waals surface area contributed by atoms with E-state index in [0.717, 1.165) is 0 Å². The fourth-order valence-corrected chi connectivity index (χ4v) is 17.6. The summed E-state index contributed by atoms with van der Waals surface area (Å²) in [6.45, 7) is 22.0. The molecule has 0 aliphatic rings. The smallest absolute Gasteiger partial charge is 0.0782 e. The number of hydrogen-bond donors (Lipinski definition) is 0. The van der Waals surface area contributed by atoms with Gasteiger partial charge in [0.25, 0.3) is 0 Å². The standard InChI is InChI=1S/3C39H78N.H3O4P/c3*1-5-7-9-11-13-15-17-19-21-23-25-27-29-31-33-35-37-39-40(3,4)38-36-34-32-30-28-26-24-22-20-18-16-14-12-10-8-6-2;1-5(2,3)4/h3*19-22H,5-18,23-39H2,1-4H3;(H3,1,2,3,4)/q3*+1;/p-3. The van der Waals surface area contributed by atoms with Crippen LogP contribution in [-0.2, 0) is 4.57 Å². The zero-order valence-corrected chi connectivity index (χ0v) is 89.0. The number of quaternary nitrogens is 3. The molecule has 0 radical (unpaired) electrons. The molecule has 125 heavy (non-hydrogen) atoms. The van der Waals surface area contributed by atoms with Crippen LogP contribution in [0.5, 0.6) is 0 Å².